The largest absolute Gasteiger partial charge is 0.281 e. The molecular weight excluding hydrogens is 279 g/mol. The first-order chi connectivity index (χ1) is 9.17. The lowest BCUT2D eigenvalue weighted by Crippen LogP contribution is -2.41. The van der Waals surface area contributed by atoms with E-state index in [1.165, 1.54) is 12.8 Å². The third-order valence-corrected chi connectivity index (χ3v) is 4.42. The molecule has 2 unspecified atom stereocenters. The smallest absolute Gasteiger partial charge is 0.125 e. The SMILES string of the molecule is CCC1CCCCN1C(C#N)c1ccc(Cl)cc1Cl. The van der Waals surface area contributed by atoms with Crippen LogP contribution in [0.25, 0.3) is 0 Å². The molecule has 0 saturated carbocycles. The van der Waals surface area contributed by atoms with Crippen LogP contribution in [-0.2, 0) is 0 Å². The maximum atomic E-state index is 9.56. The summed E-state index contributed by atoms with van der Waals surface area (Å²) in [6.07, 6.45) is 4.64. The number of piperidine rings is 1. The van der Waals surface area contributed by atoms with E-state index in [9.17, 15) is 5.26 Å². The van der Waals surface area contributed by atoms with E-state index in [0.29, 0.717) is 16.1 Å². The molecule has 2 rings (SSSR count). The second-order valence-corrected chi connectivity index (χ2v) is 5.84. The predicted octanol–water partition coefficient (Wildman–Crippen LogP) is 4.82. The van der Waals surface area contributed by atoms with Crippen molar-refractivity contribution in [3.05, 3.63) is 33.8 Å². The molecule has 4 heteroatoms. The minimum atomic E-state index is -0.269. The van der Waals surface area contributed by atoms with E-state index >= 15 is 0 Å². The maximum Gasteiger partial charge on any atom is 0.125 e. The summed E-state index contributed by atoms with van der Waals surface area (Å²) in [6.45, 7) is 3.15. The van der Waals surface area contributed by atoms with Gasteiger partial charge in [0.05, 0.1) is 6.07 Å². The van der Waals surface area contributed by atoms with Crippen molar-refractivity contribution in [3.63, 3.8) is 0 Å². The van der Waals surface area contributed by atoms with Crippen molar-refractivity contribution in [1.29, 1.82) is 5.26 Å². The van der Waals surface area contributed by atoms with Gasteiger partial charge >= 0.3 is 0 Å². The fourth-order valence-electron chi connectivity index (χ4n) is 2.85. The van der Waals surface area contributed by atoms with Crippen LogP contribution in [0.15, 0.2) is 18.2 Å². The van der Waals surface area contributed by atoms with Crippen molar-refractivity contribution in [2.75, 3.05) is 6.54 Å². The molecule has 0 N–H and O–H groups in total. The molecule has 0 radical (unpaired) electrons. The summed E-state index contributed by atoms with van der Waals surface area (Å²) in [5.74, 6) is 0. The molecule has 1 aromatic rings. The van der Waals surface area contributed by atoms with Crippen LogP contribution in [0.5, 0.6) is 0 Å². The van der Waals surface area contributed by atoms with Gasteiger partial charge < -0.3 is 0 Å². The molecule has 1 aliphatic rings. The van der Waals surface area contributed by atoms with Crippen LogP contribution < -0.4 is 0 Å². The Hall–Kier alpha value is -0.750. The number of benzene rings is 1. The number of hydrogen-bond donors (Lipinski definition) is 0. The average Bonchev–Trinajstić information content (AvgIpc) is 2.42. The second kappa shape index (κ2) is 6.61. The fraction of sp³-hybridized carbons (Fsp3) is 0.533. The molecule has 0 aliphatic carbocycles. The molecule has 19 heavy (non-hydrogen) atoms. The summed E-state index contributed by atoms with van der Waals surface area (Å²) in [5.41, 5.74) is 0.869. The Morgan fingerprint density at radius 2 is 2.21 bits per heavy atom. The molecule has 102 valence electrons. The van der Waals surface area contributed by atoms with Crippen LogP contribution in [-0.4, -0.2) is 17.5 Å². The molecule has 1 fully saturated rings. The molecule has 0 amide bonds. The molecule has 2 atom stereocenters. The van der Waals surface area contributed by atoms with Crippen LogP contribution in [0.4, 0.5) is 0 Å². The first-order valence-electron chi connectivity index (χ1n) is 6.77. The van der Waals surface area contributed by atoms with Crippen molar-refractivity contribution in [2.24, 2.45) is 0 Å². The van der Waals surface area contributed by atoms with Gasteiger partial charge in [0.1, 0.15) is 6.04 Å². The highest BCUT2D eigenvalue weighted by Gasteiger charge is 2.29. The van der Waals surface area contributed by atoms with Crippen molar-refractivity contribution >= 4 is 23.2 Å². The zero-order valence-electron chi connectivity index (χ0n) is 11.1. The average molecular weight is 297 g/mol. The van der Waals surface area contributed by atoms with Crippen LogP contribution >= 0.6 is 23.2 Å². The Kier molecular flexibility index (Phi) is 5.10. The monoisotopic (exact) mass is 296 g/mol. The van der Waals surface area contributed by atoms with Crippen LogP contribution in [0, 0.1) is 11.3 Å². The van der Waals surface area contributed by atoms with Gasteiger partial charge in [0.2, 0.25) is 0 Å². The predicted molar refractivity (Wildman–Crippen MR) is 79.5 cm³/mol. The Morgan fingerprint density at radius 3 is 2.84 bits per heavy atom. The lowest BCUT2D eigenvalue weighted by molar-refractivity contribution is 0.117. The first kappa shape index (κ1) is 14.7. The summed E-state index contributed by atoms with van der Waals surface area (Å²) in [4.78, 5) is 2.29. The quantitative estimate of drug-likeness (QED) is 0.799. The topological polar surface area (TPSA) is 27.0 Å². The van der Waals surface area contributed by atoms with Gasteiger partial charge in [-0.05, 0) is 31.4 Å². The van der Waals surface area contributed by atoms with Gasteiger partial charge in [-0.2, -0.15) is 5.26 Å². The maximum absolute atomic E-state index is 9.56. The third-order valence-electron chi connectivity index (χ3n) is 3.85. The van der Waals surface area contributed by atoms with Crippen molar-refractivity contribution in [1.82, 2.24) is 4.90 Å². The lowest BCUT2D eigenvalue weighted by Gasteiger charge is -2.38. The van der Waals surface area contributed by atoms with Crippen molar-refractivity contribution < 1.29 is 0 Å². The number of nitrogens with zero attached hydrogens (tertiary/aromatic N) is 2. The third kappa shape index (κ3) is 3.23. The van der Waals surface area contributed by atoms with E-state index in [1.807, 2.05) is 6.07 Å². The van der Waals surface area contributed by atoms with Gasteiger partial charge in [0.15, 0.2) is 0 Å². The fourth-order valence-corrected chi connectivity index (χ4v) is 3.36. The van der Waals surface area contributed by atoms with Crippen molar-refractivity contribution in [3.8, 4) is 6.07 Å². The van der Waals surface area contributed by atoms with Crippen molar-refractivity contribution in [2.45, 2.75) is 44.7 Å². The molecule has 1 aliphatic heterocycles. The second-order valence-electron chi connectivity index (χ2n) is 4.99. The summed E-state index contributed by atoms with van der Waals surface area (Å²) in [6, 6.07) is 8.01. The minimum Gasteiger partial charge on any atom is -0.281 e. The Labute approximate surface area is 124 Å². The van der Waals surface area contributed by atoms with Crippen LogP contribution in [0.3, 0.4) is 0 Å². The van der Waals surface area contributed by atoms with Crippen LogP contribution in [0.1, 0.15) is 44.2 Å². The molecule has 0 spiro atoms. The number of halogens is 2. The highest BCUT2D eigenvalue weighted by atomic mass is 35.5. The van der Waals surface area contributed by atoms with E-state index in [0.717, 1.165) is 24.9 Å². The van der Waals surface area contributed by atoms with Gasteiger partial charge in [-0.3, -0.25) is 4.90 Å². The van der Waals surface area contributed by atoms with Gasteiger partial charge in [-0.15, -0.1) is 0 Å². The Morgan fingerprint density at radius 1 is 1.42 bits per heavy atom. The summed E-state index contributed by atoms with van der Waals surface area (Å²) >= 11 is 12.2. The molecule has 0 aromatic heterocycles. The molecule has 2 nitrogen and oxygen atoms in total. The first-order valence-corrected chi connectivity index (χ1v) is 7.53. The number of rotatable bonds is 3. The number of likely N-dealkylation sites (tertiary alicyclic amines) is 1. The van der Waals surface area contributed by atoms with E-state index in [4.69, 9.17) is 23.2 Å². The van der Waals surface area contributed by atoms with E-state index in [-0.39, 0.29) is 6.04 Å². The van der Waals surface area contributed by atoms with Gasteiger partial charge in [-0.1, -0.05) is 42.6 Å². The van der Waals surface area contributed by atoms with E-state index in [1.54, 1.807) is 12.1 Å². The molecule has 1 aromatic carbocycles. The Balaban J connectivity index is 2.30. The molecule has 1 heterocycles. The molecular formula is C15H18Cl2N2. The van der Waals surface area contributed by atoms with E-state index < -0.39 is 0 Å². The highest BCUT2D eigenvalue weighted by molar-refractivity contribution is 6.35. The minimum absolute atomic E-state index is 0.269. The van der Waals surface area contributed by atoms with Crippen LogP contribution in [0.2, 0.25) is 10.0 Å². The van der Waals surface area contributed by atoms with Gasteiger partial charge in [0, 0.05) is 28.2 Å². The van der Waals surface area contributed by atoms with Gasteiger partial charge in [0.25, 0.3) is 0 Å². The zero-order valence-corrected chi connectivity index (χ0v) is 12.6. The molecule has 1 saturated heterocycles. The Bertz CT molecular complexity index is 482. The summed E-state index contributed by atoms with van der Waals surface area (Å²) in [5, 5.41) is 10.7. The zero-order chi connectivity index (χ0) is 13.8. The number of hydrogen-bond acceptors (Lipinski definition) is 2. The standard InChI is InChI=1S/C15H18Cl2N2/c1-2-12-5-3-4-8-19(12)15(10-18)13-7-6-11(16)9-14(13)17/h6-7,9,12,15H,2-5,8H2,1H3. The van der Waals surface area contributed by atoms with E-state index in [2.05, 4.69) is 17.9 Å². The number of nitriles is 1. The van der Waals surface area contributed by atoms with Gasteiger partial charge in [-0.25, -0.2) is 0 Å². The normalized spacial score (nSPS) is 21.9. The summed E-state index contributed by atoms with van der Waals surface area (Å²) in [7, 11) is 0. The lowest BCUT2D eigenvalue weighted by atomic mass is 9.95. The highest BCUT2D eigenvalue weighted by Crippen LogP contribution is 2.34. The summed E-state index contributed by atoms with van der Waals surface area (Å²) < 4.78 is 0. The molecule has 0 bridgehead atoms.